The van der Waals surface area contributed by atoms with E-state index in [-0.39, 0.29) is 12.0 Å². The third kappa shape index (κ3) is 5.36. The van der Waals surface area contributed by atoms with Gasteiger partial charge < -0.3 is 28.7 Å². The number of aromatic nitrogens is 2. The largest absolute Gasteiger partial charge is 0.493 e. The van der Waals surface area contributed by atoms with Crippen molar-refractivity contribution in [3.05, 3.63) is 35.9 Å². The molecule has 1 fully saturated rings. The molecule has 1 saturated heterocycles. The zero-order valence-electron chi connectivity index (χ0n) is 18.5. The number of rotatable bonds is 8. The second kappa shape index (κ2) is 10.0. The van der Waals surface area contributed by atoms with Crippen molar-refractivity contribution in [1.82, 2.24) is 15.1 Å². The zero-order valence-corrected chi connectivity index (χ0v) is 18.5. The molecule has 2 heterocycles. The summed E-state index contributed by atoms with van der Waals surface area (Å²) in [6.07, 6.45) is 3.89. The number of carbonyl (C=O) groups is 1. The van der Waals surface area contributed by atoms with Crippen LogP contribution in [0.2, 0.25) is 0 Å². The Kier molecular flexibility index (Phi) is 7.17. The van der Waals surface area contributed by atoms with Crippen molar-refractivity contribution in [3.8, 4) is 23.1 Å². The van der Waals surface area contributed by atoms with Crippen LogP contribution >= 0.6 is 0 Å². The second-order valence-corrected chi connectivity index (χ2v) is 7.23. The van der Waals surface area contributed by atoms with Gasteiger partial charge in [-0.25, -0.2) is 0 Å². The van der Waals surface area contributed by atoms with Gasteiger partial charge in [0.25, 0.3) is 0 Å². The molecule has 1 aromatic carbocycles. The quantitative estimate of drug-likeness (QED) is 0.592. The summed E-state index contributed by atoms with van der Waals surface area (Å²) in [6.45, 7) is 1.11. The number of anilines is 1. The lowest BCUT2D eigenvalue weighted by atomic mass is 10.1. The standard InChI is InChI=1S/C22H28N4O5/c1-25(2)19-7-8-20(24-23-19)31-16-10-11-26(14-16)21(27)9-6-15-12-17(28-3)22(30-5)18(13-15)29-4/h6-9,12-13,16H,10-11,14H2,1-5H3/b9-6+. The number of ether oxygens (including phenoxy) is 4. The van der Waals surface area contributed by atoms with E-state index in [0.29, 0.717) is 36.2 Å². The second-order valence-electron chi connectivity index (χ2n) is 7.23. The van der Waals surface area contributed by atoms with Crippen LogP contribution in [0.5, 0.6) is 23.1 Å². The van der Waals surface area contributed by atoms with E-state index in [1.165, 1.54) is 6.08 Å². The monoisotopic (exact) mass is 428 g/mol. The summed E-state index contributed by atoms with van der Waals surface area (Å²) in [5, 5.41) is 8.20. The molecule has 1 atom stereocenters. The first-order valence-corrected chi connectivity index (χ1v) is 9.89. The first-order chi connectivity index (χ1) is 14.9. The first kappa shape index (κ1) is 22.2. The van der Waals surface area contributed by atoms with Gasteiger partial charge in [-0.05, 0) is 29.8 Å². The Hall–Kier alpha value is -3.49. The van der Waals surface area contributed by atoms with E-state index in [9.17, 15) is 4.79 Å². The van der Waals surface area contributed by atoms with Gasteiger partial charge in [-0.15, -0.1) is 10.2 Å². The van der Waals surface area contributed by atoms with E-state index in [2.05, 4.69) is 10.2 Å². The molecule has 1 aliphatic heterocycles. The third-order valence-electron chi connectivity index (χ3n) is 4.93. The van der Waals surface area contributed by atoms with Crippen LogP contribution in [0, 0.1) is 0 Å². The normalized spacial score (nSPS) is 15.8. The maximum absolute atomic E-state index is 12.6. The molecule has 1 aliphatic rings. The molecule has 0 spiro atoms. The van der Waals surface area contributed by atoms with Crippen LogP contribution in [-0.2, 0) is 4.79 Å². The Labute approximate surface area is 182 Å². The van der Waals surface area contributed by atoms with Gasteiger partial charge in [0.15, 0.2) is 17.3 Å². The summed E-state index contributed by atoms with van der Waals surface area (Å²) in [4.78, 5) is 16.3. The summed E-state index contributed by atoms with van der Waals surface area (Å²) in [5.74, 6) is 2.70. The maximum atomic E-state index is 12.6. The Morgan fingerprint density at radius 2 is 1.81 bits per heavy atom. The number of likely N-dealkylation sites (tertiary alicyclic amines) is 1. The zero-order chi connectivity index (χ0) is 22.4. The minimum atomic E-state index is -0.113. The van der Waals surface area contributed by atoms with Gasteiger partial charge in [0.1, 0.15) is 6.10 Å². The number of benzene rings is 1. The molecule has 0 bridgehead atoms. The lowest BCUT2D eigenvalue weighted by molar-refractivity contribution is -0.125. The summed E-state index contributed by atoms with van der Waals surface area (Å²) < 4.78 is 21.9. The molecule has 1 aromatic heterocycles. The van der Waals surface area contributed by atoms with Gasteiger partial charge in [0.05, 0.1) is 27.9 Å². The molecule has 3 rings (SSSR count). The van der Waals surface area contributed by atoms with Gasteiger partial charge >= 0.3 is 0 Å². The molecule has 1 unspecified atom stereocenters. The van der Waals surface area contributed by atoms with Gasteiger partial charge in [-0.1, -0.05) is 0 Å². The van der Waals surface area contributed by atoms with Crippen molar-refractivity contribution in [1.29, 1.82) is 0 Å². The molecule has 1 amide bonds. The predicted molar refractivity (Wildman–Crippen MR) is 117 cm³/mol. The van der Waals surface area contributed by atoms with E-state index in [0.717, 1.165) is 17.8 Å². The Bertz CT molecular complexity index is 905. The van der Waals surface area contributed by atoms with Crippen molar-refractivity contribution in [2.75, 3.05) is 53.4 Å². The van der Waals surface area contributed by atoms with E-state index < -0.39 is 0 Å². The predicted octanol–water partition coefficient (Wildman–Crippen LogP) is 2.26. The summed E-state index contributed by atoms with van der Waals surface area (Å²) >= 11 is 0. The average molecular weight is 428 g/mol. The van der Waals surface area contributed by atoms with E-state index in [1.807, 2.05) is 25.1 Å². The smallest absolute Gasteiger partial charge is 0.246 e. The van der Waals surface area contributed by atoms with Crippen LogP contribution in [0.25, 0.3) is 6.08 Å². The summed E-state index contributed by atoms with van der Waals surface area (Å²) in [5.41, 5.74) is 0.770. The highest BCUT2D eigenvalue weighted by atomic mass is 16.5. The van der Waals surface area contributed by atoms with Crippen LogP contribution in [-0.4, -0.2) is 75.6 Å². The highest BCUT2D eigenvalue weighted by Crippen LogP contribution is 2.38. The van der Waals surface area contributed by atoms with Gasteiger partial charge in [-0.3, -0.25) is 4.79 Å². The SMILES string of the molecule is COc1cc(/C=C/C(=O)N2CCC(Oc3ccc(N(C)C)nn3)C2)cc(OC)c1OC. The maximum Gasteiger partial charge on any atom is 0.246 e. The van der Waals surface area contributed by atoms with Crippen LogP contribution < -0.4 is 23.8 Å². The molecule has 166 valence electrons. The van der Waals surface area contributed by atoms with Crippen LogP contribution in [0.3, 0.4) is 0 Å². The van der Waals surface area contributed by atoms with E-state index in [4.69, 9.17) is 18.9 Å². The molecular weight excluding hydrogens is 400 g/mol. The molecule has 9 nitrogen and oxygen atoms in total. The van der Waals surface area contributed by atoms with Crippen molar-refractivity contribution in [3.63, 3.8) is 0 Å². The molecule has 0 N–H and O–H groups in total. The van der Waals surface area contributed by atoms with Gasteiger partial charge in [-0.2, -0.15) is 0 Å². The molecule has 9 heteroatoms. The van der Waals surface area contributed by atoms with Crippen LogP contribution in [0.15, 0.2) is 30.3 Å². The Morgan fingerprint density at radius 3 is 2.35 bits per heavy atom. The first-order valence-electron chi connectivity index (χ1n) is 9.89. The molecule has 31 heavy (non-hydrogen) atoms. The molecule has 0 aliphatic carbocycles. The summed E-state index contributed by atoms with van der Waals surface area (Å²) in [6, 6.07) is 7.21. The van der Waals surface area contributed by atoms with Crippen molar-refractivity contribution in [2.24, 2.45) is 0 Å². The molecular formula is C22H28N4O5. The minimum Gasteiger partial charge on any atom is -0.493 e. The molecule has 0 radical (unpaired) electrons. The minimum absolute atomic E-state index is 0.0890. The van der Waals surface area contributed by atoms with E-state index in [1.54, 1.807) is 50.5 Å². The highest BCUT2D eigenvalue weighted by Gasteiger charge is 2.27. The van der Waals surface area contributed by atoms with Crippen molar-refractivity contribution < 1.29 is 23.7 Å². The molecule has 0 saturated carbocycles. The van der Waals surface area contributed by atoms with Crippen LogP contribution in [0.1, 0.15) is 12.0 Å². The Balaban J connectivity index is 1.61. The average Bonchev–Trinajstić information content (AvgIpc) is 3.25. The lowest BCUT2D eigenvalue weighted by Gasteiger charge is -2.16. The topological polar surface area (TPSA) is 86.2 Å². The van der Waals surface area contributed by atoms with E-state index >= 15 is 0 Å². The van der Waals surface area contributed by atoms with Gasteiger partial charge in [0.2, 0.25) is 17.5 Å². The lowest BCUT2D eigenvalue weighted by Crippen LogP contribution is -2.29. The van der Waals surface area contributed by atoms with Crippen molar-refractivity contribution in [2.45, 2.75) is 12.5 Å². The fourth-order valence-corrected chi connectivity index (χ4v) is 3.28. The number of hydrogen-bond donors (Lipinski definition) is 0. The molecule has 2 aromatic rings. The number of hydrogen-bond acceptors (Lipinski definition) is 8. The number of amides is 1. The van der Waals surface area contributed by atoms with Crippen LogP contribution in [0.4, 0.5) is 5.82 Å². The van der Waals surface area contributed by atoms with Gasteiger partial charge in [0, 0.05) is 39.2 Å². The fourth-order valence-electron chi connectivity index (χ4n) is 3.28. The number of carbonyl (C=O) groups excluding carboxylic acids is 1. The third-order valence-corrected chi connectivity index (χ3v) is 4.93. The fraction of sp³-hybridized carbons (Fsp3) is 0.409. The number of methoxy groups -OCH3 is 3. The number of nitrogens with zero attached hydrogens (tertiary/aromatic N) is 4. The van der Waals surface area contributed by atoms with Crippen molar-refractivity contribution >= 4 is 17.8 Å². The highest BCUT2D eigenvalue weighted by molar-refractivity contribution is 5.92. The Morgan fingerprint density at radius 1 is 1.10 bits per heavy atom. The summed E-state index contributed by atoms with van der Waals surface area (Å²) in [7, 11) is 8.46.